The summed E-state index contributed by atoms with van der Waals surface area (Å²) in [5.74, 6) is -0.0294. The van der Waals surface area contributed by atoms with Crippen molar-refractivity contribution in [1.82, 2.24) is 0 Å². The molecule has 0 aliphatic rings. The summed E-state index contributed by atoms with van der Waals surface area (Å²) in [6.07, 6.45) is 2.21. The third-order valence-electron chi connectivity index (χ3n) is 1.87. The van der Waals surface area contributed by atoms with Gasteiger partial charge in [-0.05, 0) is 30.5 Å². The average molecular weight is 256 g/mol. The Kier molecular flexibility index (Phi) is 4.66. The number of carbonyl (C=O) groups is 1. The highest BCUT2D eigenvalue weighted by Crippen LogP contribution is 2.11. The van der Waals surface area contributed by atoms with E-state index in [0.29, 0.717) is 0 Å². The first-order chi connectivity index (χ1) is 6.72. The minimum Gasteiger partial charge on any atom is -0.326 e. The maximum Gasteiger partial charge on any atom is 0.221 e. The van der Waals surface area contributed by atoms with E-state index in [1.165, 1.54) is 12.5 Å². The first-order valence-electron chi connectivity index (χ1n) is 4.65. The summed E-state index contributed by atoms with van der Waals surface area (Å²) < 4.78 is 0. The molecule has 0 spiro atoms. The van der Waals surface area contributed by atoms with Crippen molar-refractivity contribution in [3.63, 3.8) is 0 Å². The summed E-state index contributed by atoms with van der Waals surface area (Å²) in [6.45, 7) is 1.51. The number of halogens is 1. The van der Waals surface area contributed by atoms with E-state index in [1.807, 2.05) is 24.3 Å². The molecule has 76 valence electrons. The number of hydrogen-bond acceptors (Lipinski definition) is 1. The molecule has 1 aromatic carbocycles. The molecule has 14 heavy (non-hydrogen) atoms. The Morgan fingerprint density at radius 3 is 2.50 bits per heavy atom. The molecule has 2 nitrogen and oxygen atoms in total. The third-order valence-corrected chi connectivity index (χ3v) is 2.43. The summed E-state index contributed by atoms with van der Waals surface area (Å²) in [6, 6.07) is 7.97. The normalized spacial score (nSPS) is 9.86. The SMILES string of the molecule is CC(=O)Nc1ccc(CCCBr)cc1. The molecule has 0 aliphatic carbocycles. The van der Waals surface area contributed by atoms with Crippen molar-refractivity contribution >= 4 is 27.5 Å². The van der Waals surface area contributed by atoms with Crippen LogP contribution in [0.4, 0.5) is 5.69 Å². The van der Waals surface area contributed by atoms with Gasteiger partial charge in [-0.2, -0.15) is 0 Å². The number of anilines is 1. The second kappa shape index (κ2) is 5.81. The number of nitrogens with one attached hydrogen (secondary N) is 1. The Balaban J connectivity index is 2.54. The molecule has 0 saturated carbocycles. The standard InChI is InChI=1S/C11H14BrNO/c1-9(14)13-11-6-4-10(5-7-11)3-2-8-12/h4-7H,2-3,8H2,1H3,(H,13,14). The highest BCUT2D eigenvalue weighted by Gasteiger charge is 1.95. The van der Waals surface area contributed by atoms with Crippen molar-refractivity contribution in [2.24, 2.45) is 0 Å². The lowest BCUT2D eigenvalue weighted by molar-refractivity contribution is -0.114. The van der Waals surface area contributed by atoms with E-state index >= 15 is 0 Å². The van der Waals surface area contributed by atoms with Gasteiger partial charge >= 0.3 is 0 Å². The van der Waals surface area contributed by atoms with Gasteiger partial charge in [0.05, 0.1) is 0 Å². The highest BCUT2D eigenvalue weighted by atomic mass is 79.9. The molecule has 0 fully saturated rings. The quantitative estimate of drug-likeness (QED) is 0.824. The van der Waals surface area contributed by atoms with Crippen LogP contribution in [-0.2, 0) is 11.2 Å². The van der Waals surface area contributed by atoms with E-state index in [1.54, 1.807) is 0 Å². The first-order valence-corrected chi connectivity index (χ1v) is 5.77. The van der Waals surface area contributed by atoms with Gasteiger partial charge in [0.2, 0.25) is 5.91 Å². The van der Waals surface area contributed by atoms with Gasteiger partial charge in [-0.25, -0.2) is 0 Å². The van der Waals surface area contributed by atoms with Crippen molar-refractivity contribution in [2.75, 3.05) is 10.6 Å². The lowest BCUT2D eigenvalue weighted by Crippen LogP contribution is -2.05. The van der Waals surface area contributed by atoms with Crippen LogP contribution in [0.5, 0.6) is 0 Å². The molecule has 0 radical (unpaired) electrons. The predicted molar refractivity (Wildman–Crippen MR) is 62.9 cm³/mol. The van der Waals surface area contributed by atoms with Crippen LogP contribution in [0.25, 0.3) is 0 Å². The lowest BCUT2D eigenvalue weighted by Gasteiger charge is -2.03. The molecular formula is C11H14BrNO. The summed E-state index contributed by atoms with van der Waals surface area (Å²) in [4.78, 5) is 10.8. The van der Waals surface area contributed by atoms with Crippen LogP contribution in [0.2, 0.25) is 0 Å². The fourth-order valence-corrected chi connectivity index (χ4v) is 1.51. The molecule has 0 aromatic heterocycles. The minimum atomic E-state index is -0.0294. The number of hydrogen-bond donors (Lipinski definition) is 1. The molecule has 1 N–H and O–H groups in total. The number of rotatable bonds is 4. The Bertz CT molecular complexity index is 295. The van der Waals surface area contributed by atoms with Gasteiger partial charge in [0.25, 0.3) is 0 Å². The molecule has 1 rings (SSSR count). The molecule has 0 atom stereocenters. The molecular weight excluding hydrogens is 242 g/mol. The van der Waals surface area contributed by atoms with E-state index in [9.17, 15) is 4.79 Å². The van der Waals surface area contributed by atoms with Crippen LogP contribution in [0.15, 0.2) is 24.3 Å². The fraction of sp³-hybridized carbons (Fsp3) is 0.364. The van der Waals surface area contributed by atoms with Gasteiger partial charge in [-0.3, -0.25) is 4.79 Å². The van der Waals surface area contributed by atoms with E-state index in [0.717, 1.165) is 23.9 Å². The molecule has 0 heterocycles. The summed E-state index contributed by atoms with van der Waals surface area (Å²) in [7, 11) is 0. The van der Waals surface area contributed by atoms with E-state index in [4.69, 9.17) is 0 Å². The number of amides is 1. The molecule has 0 aliphatic heterocycles. The average Bonchev–Trinajstić information content (AvgIpc) is 2.16. The maximum atomic E-state index is 10.8. The molecule has 1 amide bonds. The largest absolute Gasteiger partial charge is 0.326 e. The van der Waals surface area contributed by atoms with E-state index < -0.39 is 0 Å². The highest BCUT2D eigenvalue weighted by molar-refractivity contribution is 9.09. The van der Waals surface area contributed by atoms with Crippen molar-refractivity contribution in [3.8, 4) is 0 Å². The van der Waals surface area contributed by atoms with Gasteiger partial charge in [-0.1, -0.05) is 28.1 Å². The van der Waals surface area contributed by atoms with Crippen LogP contribution < -0.4 is 5.32 Å². The lowest BCUT2D eigenvalue weighted by atomic mass is 10.1. The Morgan fingerprint density at radius 1 is 1.36 bits per heavy atom. The number of benzene rings is 1. The van der Waals surface area contributed by atoms with Crippen molar-refractivity contribution in [1.29, 1.82) is 0 Å². The third kappa shape index (κ3) is 3.92. The predicted octanol–water partition coefficient (Wildman–Crippen LogP) is 2.97. The first kappa shape index (κ1) is 11.2. The Morgan fingerprint density at radius 2 is 2.00 bits per heavy atom. The summed E-state index contributed by atoms with van der Waals surface area (Å²) in [5.41, 5.74) is 2.17. The second-order valence-electron chi connectivity index (χ2n) is 3.17. The van der Waals surface area contributed by atoms with Gasteiger partial charge < -0.3 is 5.32 Å². The number of aryl methyl sites for hydroxylation is 1. The second-order valence-corrected chi connectivity index (χ2v) is 3.96. The van der Waals surface area contributed by atoms with Crippen molar-refractivity contribution in [3.05, 3.63) is 29.8 Å². The van der Waals surface area contributed by atoms with Gasteiger partial charge in [0.1, 0.15) is 0 Å². The fourth-order valence-electron chi connectivity index (χ4n) is 1.23. The van der Waals surface area contributed by atoms with Gasteiger partial charge in [-0.15, -0.1) is 0 Å². The number of alkyl halides is 1. The number of carbonyl (C=O) groups excluding carboxylic acids is 1. The smallest absolute Gasteiger partial charge is 0.221 e. The van der Waals surface area contributed by atoms with Crippen LogP contribution >= 0.6 is 15.9 Å². The minimum absolute atomic E-state index is 0.0294. The van der Waals surface area contributed by atoms with E-state index in [2.05, 4.69) is 21.2 Å². The van der Waals surface area contributed by atoms with Crippen LogP contribution in [0.1, 0.15) is 18.9 Å². The monoisotopic (exact) mass is 255 g/mol. The van der Waals surface area contributed by atoms with E-state index in [-0.39, 0.29) is 5.91 Å². The van der Waals surface area contributed by atoms with Crippen LogP contribution in [0, 0.1) is 0 Å². The summed E-state index contributed by atoms with van der Waals surface area (Å²) in [5, 5.41) is 3.77. The molecule has 3 heteroatoms. The van der Waals surface area contributed by atoms with Crippen LogP contribution in [-0.4, -0.2) is 11.2 Å². The zero-order valence-electron chi connectivity index (χ0n) is 8.22. The molecule has 0 bridgehead atoms. The zero-order chi connectivity index (χ0) is 10.4. The molecule has 1 aromatic rings. The summed E-state index contributed by atoms with van der Waals surface area (Å²) >= 11 is 3.40. The van der Waals surface area contributed by atoms with Crippen molar-refractivity contribution in [2.45, 2.75) is 19.8 Å². The molecule has 0 saturated heterocycles. The Labute approximate surface area is 92.8 Å². The topological polar surface area (TPSA) is 29.1 Å². The zero-order valence-corrected chi connectivity index (χ0v) is 9.80. The van der Waals surface area contributed by atoms with Crippen LogP contribution in [0.3, 0.4) is 0 Å². The van der Waals surface area contributed by atoms with Gasteiger partial charge in [0.15, 0.2) is 0 Å². The van der Waals surface area contributed by atoms with Gasteiger partial charge in [0, 0.05) is 17.9 Å². The van der Waals surface area contributed by atoms with Crippen molar-refractivity contribution < 1.29 is 4.79 Å². The maximum absolute atomic E-state index is 10.8. The molecule has 0 unspecified atom stereocenters. The Hall–Kier alpha value is -0.830.